The Balaban J connectivity index is 1.84. The molecular weight excluding hydrogens is 226 g/mol. The van der Waals surface area contributed by atoms with Crippen LogP contribution in [0.15, 0.2) is 0 Å². The van der Waals surface area contributed by atoms with E-state index in [1.54, 1.807) is 0 Å². The van der Waals surface area contributed by atoms with Crippen LogP contribution in [0.3, 0.4) is 0 Å². The third kappa shape index (κ3) is 3.23. The maximum Gasteiger partial charge on any atom is 0.239 e. The van der Waals surface area contributed by atoms with Crippen molar-refractivity contribution < 1.29 is 4.79 Å². The molecule has 0 radical (unpaired) electrons. The van der Waals surface area contributed by atoms with Gasteiger partial charge in [-0.15, -0.1) is 0 Å². The van der Waals surface area contributed by atoms with Gasteiger partial charge in [0.25, 0.3) is 0 Å². The van der Waals surface area contributed by atoms with Gasteiger partial charge in [-0.3, -0.25) is 4.79 Å². The molecule has 1 aliphatic heterocycles. The molecule has 1 amide bonds. The second-order valence-electron chi connectivity index (χ2n) is 5.81. The Kier molecular flexibility index (Phi) is 5.01. The van der Waals surface area contributed by atoms with Crippen molar-refractivity contribution in [2.24, 2.45) is 5.92 Å². The fourth-order valence-corrected chi connectivity index (χ4v) is 3.35. The topological polar surface area (TPSA) is 44.4 Å². The van der Waals surface area contributed by atoms with E-state index in [1.165, 1.54) is 32.1 Å². The molecule has 2 rings (SSSR count). The summed E-state index contributed by atoms with van der Waals surface area (Å²) in [5.41, 5.74) is 0. The highest BCUT2D eigenvalue weighted by molar-refractivity contribution is 5.81. The Labute approximate surface area is 110 Å². The standard InChI is InChI=1S/C14H27N3O/c1-15-9-10-17(2)14(18)13-8-7-11-5-3-4-6-12(11)16-13/h11-13,15-16H,3-10H2,1-2H3. The van der Waals surface area contributed by atoms with Gasteiger partial charge in [0.05, 0.1) is 6.04 Å². The monoisotopic (exact) mass is 253 g/mol. The average molecular weight is 253 g/mol. The average Bonchev–Trinajstić information content (AvgIpc) is 2.43. The Morgan fingerprint density at radius 2 is 2.06 bits per heavy atom. The molecule has 1 saturated carbocycles. The minimum Gasteiger partial charge on any atom is -0.343 e. The van der Waals surface area contributed by atoms with Gasteiger partial charge in [0.1, 0.15) is 0 Å². The lowest BCUT2D eigenvalue weighted by Gasteiger charge is -2.40. The summed E-state index contributed by atoms with van der Waals surface area (Å²) in [5, 5.41) is 6.69. The summed E-state index contributed by atoms with van der Waals surface area (Å²) in [5.74, 6) is 1.10. The zero-order valence-corrected chi connectivity index (χ0v) is 11.7. The molecule has 0 aromatic carbocycles. The first-order chi connectivity index (χ1) is 8.72. The second kappa shape index (κ2) is 6.53. The van der Waals surface area contributed by atoms with Crippen molar-refractivity contribution in [3.63, 3.8) is 0 Å². The lowest BCUT2D eigenvalue weighted by atomic mass is 9.77. The zero-order valence-electron chi connectivity index (χ0n) is 11.7. The van der Waals surface area contributed by atoms with Crippen LogP contribution in [-0.2, 0) is 4.79 Å². The molecule has 0 aromatic heterocycles. The van der Waals surface area contributed by atoms with E-state index in [-0.39, 0.29) is 11.9 Å². The van der Waals surface area contributed by atoms with E-state index in [0.717, 1.165) is 25.4 Å². The third-order valence-corrected chi connectivity index (χ3v) is 4.52. The number of hydrogen-bond acceptors (Lipinski definition) is 3. The molecule has 18 heavy (non-hydrogen) atoms. The minimum absolute atomic E-state index is 0.0613. The van der Waals surface area contributed by atoms with Crippen LogP contribution in [0.1, 0.15) is 38.5 Å². The molecule has 0 bridgehead atoms. The van der Waals surface area contributed by atoms with Crippen molar-refractivity contribution in [1.29, 1.82) is 0 Å². The van der Waals surface area contributed by atoms with Crippen molar-refractivity contribution in [2.75, 3.05) is 27.2 Å². The highest BCUT2D eigenvalue weighted by Gasteiger charge is 2.35. The highest BCUT2D eigenvalue weighted by Crippen LogP contribution is 2.32. The van der Waals surface area contributed by atoms with Crippen molar-refractivity contribution in [3.05, 3.63) is 0 Å². The number of nitrogens with zero attached hydrogens (tertiary/aromatic N) is 1. The van der Waals surface area contributed by atoms with Gasteiger partial charge < -0.3 is 15.5 Å². The van der Waals surface area contributed by atoms with Gasteiger partial charge >= 0.3 is 0 Å². The van der Waals surface area contributed by atoms with E-state index in [2.05, 4.69) is 10.6 Å². The number of nitrogens with one attached hydrogen (secondary N) is 2. The van der Waals surface area contributed by atoms with Crippen molar-refractivity contribution in [2.45, 2.75) is 50.6 Å². The number of carbonyl (C=O) groups is 1. The largest absolute Gasteiger partial charge is 0.343 e. The summed E-state index contributed by atoms with van der Waals surface area (Å²) < 4.78 is 0. The lowest BCUT2D eigenvalue weighted by molar-refractivity contribution is -0.133. The molecular formula is C14H27N3O. The maximum absolute atomic E-state index is 12.3. The second-order valence-corrected chi connectivity index (χ2v) is 5.81. The van der Waals surface area contributed by atoms with Gasteiger partial charge in [-0.05, 0) is 38.6 Å². The molecule has 2 aliphatic rings. The molecule has 1 heterocycles. The van der Waals surface area contributed by atoms with Crippen LogP contribution < -0.4 is 10.6 Å². The van der Waals surface area contributed by atoms with Crippen LogP contribution >= 0.6 is 0 Å². The van der Waals surface area contributed by atoms with Crippen molar-refractivity contribution in [3.8, 4) is 0 Å². The van der Waals surface area contributed by atoms with Crippen molar-refractivity contribution >= 4 is 5.91 Å². The van der Waals surface area contributed by atoms with E-state index >= 15 is 0 Å². The molecule has 2 N–H and O–H groups in total. The molecule has 1 aliphatic carbocycles. The summed E-state index contributed by atoms with van der Waals surface area (Å²) in [7, 11) is 3.83. The quantitative estimate of drug-likeness (QED) is 0.785. The van der Waals surface area contributed by atoms with Gasteiger partial charge in [0.15, 0.2) is 0 Å². The molecule has 3 unspecified atom stereocenters. The molecule has 4 nitrogen and oxygen atoms in total. The summed E-state index contributed by atoms with van der Waals surface area (Å²) in [6, 6.07) is 0.658. The van der Waals surface area contributed by atoms with E-state index < -0.39 is 0 Å². The molecule has 0 spiro atoms. The summed E-state index contributed by atoms with van der Waals surface area (Å²) in [6.45, 7) is 1.66. The van der Waals surface area contributed by atoms with Crippen LogP contribution in [0.4, 0.5) is 0 Å². The van der Waals surface area contributed by atoms with Crippen LogP contribution in [0, 0.1) is 5.92 Å². The Morgan fingerprint density at radius 3 is 2.83 bits per heavy atom. The number of piperidine rings is 1. The molecule has 104 valence electrons. The van der Waals surface area contributed by atoms with Crippen LogP contribution in [0.25, 0.3) is 0 Å². The number of rotatable bonds is 4. The number of hydrogen-bond donors (Lipinski definition) is 2. The van der Waals surface area contributed by atoms with Crippen LogP contribution in [0.5, 0.6) is 0 Å². The normalized spacial score (nSPS) is 31.8. The van der Waals surface area contributed by atoms with Crippen LogP contribution in [-0.4, -0.2) is 50.1 Å². The number of likely N-dealkylation sites (N-methyl/N-ethyl adjacent to an activating group) is 2. The fourth-order valence-electron chi connectivity index (χ4n) is 3.35. The maximum atomic E-state index is 12.3. The van der Waals surface area contributed by atoms with E-state index in [0.29, 0.717) is 6.04 Å². The van der Waals surface area contributed by atoms with Gasteiger partial charge in [-0.2, -0.15) is 0 Å². The Hall–Kier alpha value is -0.610. The van der Waals surface area contributed by atoms with Gasteiger partial charge in [0, 0.05) is 26.2 Å². The third-order valence-electron chi connectivity index (χ3n) is 4.52. The molecule has 1 saturated heterocycles. The predicted octanol–water partition coefficient (Wildman–Crippen LogP) is 0.975. The molecule has 4 heteroatoms. The smallest absolute Gasteiger partial charge is 0.239 e. The molecule has 0 aromatic rings. The Morgan fingerprint density at radius 1 is 1.28 bits per heavy atom. The fraction of sp³-hybridized carbons (Fsp3) is 0.929. The van der Waals surface area contributed by atoms with Gasteiger partial charge in [-0.25, -0.2) is 0 Å². The van der Waals surface area contributed by atoms with Crippen molar-refractivity contribution in [1.82, 2.24) is 15.5 Å². The molecule has 3 atom stereocenters. The highest BCUT2D eigenvalue weighted by atomic mass is 16.2. The van der Waals surface area contributed by atoms with E-state index in [9.17, 15) is 4.79 Å². The first-order valence-electron chi connectivity index (χ1n) is 7.38. The first-order valence-corrected chi connectivity index (χ1v) is 7.38. The van der Waals surface area contributed by atoms with E-state index in [4.69, 9.17) is 0 Å². The predicted molar refractivity (Wildman–Crippen MR) is 73.5 cm³/mol. The van der Waals surface area contributed by atoms with Crippen LogP contribution in [0.2, 0.25) is 0 Å². The summed E-state index contributed by atoms with van der Waals surface area (Å²) >= 11 is 0. The van der Waals surface area contributed by atoms with E-state index in [1.807, 2.05) is 19.0 Å². The number of fused-ring (bicyclic) bond motifs is 1. The number of carbonyl (C=O) groups excluding carboxylic acids is 1. The Bertz CT molecular complexity index is 282. The summed E-state index contributed by atoms with van der Waals surface area (Å²) in [4.78, 5) is 14.2. The zero-order chi connectivity index (χ0) is 13.0. The number of amides is 1. The summed E-state index contributed by atoms with van der Waals surface area (Å²) in [6.07, 6.45) is 7.56. The van der Waals surface area contributed by atoms with Gasteiger partial charge in [0.2, 0.25) is 5.91 Å². The first kappa shape index (κ1) is 13.8. The van der Waals surface area contributed by atoms with Gasteiger partial charge in [-0.1, -0.05) is 12.8 Å². The SMILES string of the molecule is CNCCN(C)C(=O)C1CCC2CCCCC2N1. The minimum atomic E-state index is 0.0613. The molecule has 2 fully saturated rings. The lowest BCUT2D eigenvalue weighted by Crippen LogP contribution is -2.55.